The maximum atomic E-state index is 4.23. The third-order valence-electron chi connectivity index (χ3n) is 3.31. The van der Waals surface area contributed by atoms with Gasteiger partial charge in [-0.2, -0.15) is 0 Å². The number of pyridine rings is 1. The molecule has 2 atom stereocenters. The molecular weight excluding hydrogens is 198 g/mol. The van der Waals surface area contributed by atoms with Crippen LogP contribution in [0.2, 0.25) is 0 Å². The van der Waals surface area contributed by atoms with E-state index in [9.17, 15) is 0 Å². The van der Waals surface area contributed by atoms with E-state index in [1.165, 1.54) is 24.8 Å². The van der Waals surface area contributed by atoms with Gasteiger partial charge in [-0.1, -0.05) is 12.5 Å². The quantitative estimate of drug-likeness (QED) is 0.840. The maximum absolute atomic E-state index is 4.23. The van der Waals surface area contributed by atoms with Crippen LogP contribution in [0.4, 0.5) is 0 Å². The molecule has 3 heteroatoms. The van der Waals surface area contributed by atoms with Crippen molar-refractivity contribution in [3.8, 4) is 0 Å². The molecule has 0 aromatic carbocycles. The molecule has 0 saturated carbocycles. The molecule has 2 heterocycles. The highest BCUT2D eigenvalue weighted by atomic mass is 15.1. The van der Waals surface area contributed by atoms with Crippen molar-refractivity contribution in [3.05, 3.63) is 30.1 Å². The van der Waals surface area contributed by atoms with E-state index in [0.717, 1.165) is 6.54 Å². The monoisotopic (exact) mass is 219 g/mol. The number of piperidine rings is 1. The standard InChI is InChI=1S/C13H21N3/c1-16(2)13(11-6-5-8-14-10-11)12-7-3-4-9-15-12/h5-6,8,10,12-13,15H,3-4,7,9H2,1-2H3. The van der Waals surface area contributed by atoms with Crippen LogP contribution in [-0.4, -0.2) is 36.6 Å². The Balaban J connectivity index is 2.16. The van der Waals surface area contributed by atoms with E-state index in [-0.39, 0.29) is 0 Å². The van der Waals surface area contributed by atoms with E-state index in [4.69, 9.17) is 0 Å². The van der Waals surface area contributed by atoms with Crippen molar-refractivity contribution in [1.29, 1.82) is 0 Å². The Hall–Kier alpha value is -0.930. The first-order chi connectivity index (χ1) is 7.79. The molecule has 3 nitrogen and oxygen atoms in total. The molecule has 1 aliphatic heterocycles. The van der Waals surface area contributed by atoms with Gasteiger partial charge in [-0.15, -0.1) is 0 Å². The first-order valence-electron chi connectivity index (χ1n) is 6.09. The lowest BCUT2D eigenvalue weighted by atomic mass is 9.93. The highest BCUT2D eigenvalue weighted by Gasteiger charge is 2.26. The van der Waals surface area contributed by atoms with Crippen molar-refractivity contribution < 1.29 is 0 Å². The van der Waals surface area contributed by atoms with Crippen LogP contribution in [-0.2, 0) is 0 Å². The normalized spacial score (nSPS) is 23.3. The molecule has 2 unspecified atom stereocenters. The van der Waals surface area contributed by atoms with E-state index in [0.29, 0.717) is 12.1 Å². The number of aromatic nitrogens is 1. The zero-order valence-corrected chi connectivity index (χ0v) is 10.2. The fraction of sp³-hybridized carbons (Fsp3) is 0.615. The van der Waals surface area contributed by atoms with Crippen LogP contribution in [0.3, 0.4) is 0 Å². The van der Waals surface area contributed by atoms with Crippen molar-refractivity contribution in [2.24, 2.45) is 0 Å². The zero-order valence-electron chi connectivity index (χ0n) is 10.2. The lowest BCUT2D eigenvalue weighted by molar-refractivity contribution is 0.205. The summed E-state index contributed by atoms with van der Waals surface area (Å²) in [6.45, 7) is 1.15. The predicted molar refractivity (Wildman–Crippen MR) is 66.3 cm³/mol. The van der Waals surface area contributed by atoms with Gasteiger partial charge in [0.2, 0.25) is 0 Å². The van der Waals surface area contributed by atoms with Crippen LogP contribution >= 0.6 is 0 Å². The van der Waals surface area contributed by atoms with Gasteiger partial charge in [0, 0.05) is 18.4 Å². The van der Waals surface area contributed by atoms with E-state index in [1.807, 2.05) is 18.5 Å². The molecule has 1 aliphatic rings. The van der Waals surface area contributed by atoms with Crippen LogP contribution < -0.4 is 5.32 Å². The topological polar surface area (TPSA) is 28.2 Å². The van der Waals surface area contributed by atoms with Gasteiger partial charge in [-0.05, 0) is 45.1 Å². The summed E-state index contributed by atoms with van der Waals surface area (Å²) in [5, 5.41) is 3.63. The van der Waals surface area contributed by atoms with E-state index in [2.05, 4.69) is 35.4 Å². The summed E-state index contributed by atoms with van der Waals surface area (Å²) in [4.78, 5) is 6.52. The minimum absolute atomic E-state index is 0.439. The Bertz CT molecular complexity index is 304. The highest BCUT2D eigenvalue weighted by molar-refractivity contribution is 5.16. The molecule has 2 rings (SSSR count). The number of nitrogens with one attached hydrogen (secondary N) is 1. The molecule has 16 heavy (non-hydrogen) atoms. The molecule has 1 aromatic rings. The number of nitrogens with zero attached hydrogens (tertiary/aromatic N) is 2. The van der Waals surface area contributed by atoms with Gasteiger partial charge in [0.25, 0.3) is 0 Å². The van der Waals surface area contributed by atoms with Crippen LogP contribution in [0.15, 0.2) is 24.5 Å². The zero-order chi connectivity index (χ0) is 11.4. The SMILES string of the molecule is CN(C)C(c1cccnc1)C1CCCCN1. The first kappa shape index (κ1) is 11.6. The minimum atomic E-state index is 0.439. The first-order valence-corrected chi connectivity index (χ1v) is 6.09. The summed E-state index contributed by atoms with van der Waals surface area (Å²) >= 11 is 0. The predicted octanol–water partition coefficient (Wildman–Crippen LogP) is 1.83. The molecule has 0 bridgehead atoms. The lowest BCUT2D eigenvalue weighted by Crippen LogP contribution is -2.44. The smallest absolute Gasteiger partial charge is 0.0511 e. The number of likely N-dealkylation sites (N-methyl/N-ethyl adjacent to an activating group) is 1. The van der Waals surface area contributed by atoms with Gasteiger partial charge >= 0.3 is 0 Å². The molecule has 0 amide bonds. The summed E-state index contributed by atoms with van der Waals surface area (Å²) in [6, 6.07) is 5.20. The fourth-order valence-corrected chi connectivity index (χ4v) is 2.59. The van der Waals surface area contributed by atoms with E-state index >= 15 is 0 Å². The van der Waals surface area contributed by atoms with Crippen LogP contribution in [0.25, 0.3) is 0 Å². The largest absolute Gasteiger partial charge is 0.312 e. The molecule has 88 valence electrons. The van der Waals surface area contributed by atoms with Crippen LogP contribution in [0, 0.1) is 0 Å². The van der Waals surface area contributed by atoms with Crippen molar-refractivity contribution in [2.45, 2.75) is 31.3 Å². The summed E-state index contributed by atoms with van der Waals surface area (Å²) in [5.41, 5.74) is 1.31. The van der Waals surface area contributed by atoms with Gasteiger partial charge < -0.3 is 10.2 Å². The van der Waals surface area contributed by atoms with Gasteiger partial charge in [0.05, 0.1) is 6.04 Å². The number of hydrogen-bond donors (Lipinski definition) is 1. The second kappa shape index (κ2) is 5.41. The highest BCUT2D eigenvalue weighted by Crippen LogP contribution is 2.26. The average Bonchev–Trinajstić information content (AvgIpc) is 2.31. The molecule has 1 N–H and O–H groups in total. The van der Waals surface area contributed by atoms with Crippen LogP contribution in [0.1, 0.15) is 30.9 Å². The minimum Gasteiger partial charge on any atom is -0.312 e. The van der Waals surface area contributed by atoms with Gasteiger partial charge in [-0.25, -0.2) is 0 Å². The Morgan fingerprint density at radius 3 is 2.88 bits per heavy atom. The Morgan fingerprint density at radius 2 is 2.31 bits per heavy atom. The summed E-state index contributed by atoms with van der Waals surface area (Å²) in [5.74, 6) is 0. The van der Waals surface area contributed by atoms with Gasteiger partial charge in [-0.3, -0.25) is 4.98 Å². The number of rotatable bonds is 3. The van der Waals surface area contributed by atoms with Crippen LogP contribution in [0.5, 0.6) is 0 Å². The third kappa shape index (κ3) is 2.60. The summed E-state index contributed by atoms with van der Waals surface area (Å²) < 4.78 is 0. The van der Waals surface area contributed by atoms with E-state index < -0.39 is 0 Å². The van der Waals surface area contributed by atoms with Crippen molar-refractivity contribution >= 4 is 0 Å². The summed E-state index contributed by atoms with van der Waals surface area (Å²) in [6.07, 6.45) is 7.73. The second-order valence-electron chi connectivity index (χ2n) is 4.75. The molecule has 1 saturated heterocycles. The summed E-state index contributed by atoms with van der Waals surface area (Å²) in [7, 11) is 4.29. The van der Waals surface area contributed by atoms with Crippen molar-refractivity contribution in [2.75, 3.05) is 20.6 Å². The molecule has 1 fully saturated rings. The molecular formula is C13H21N3. The van der Waals surface area contributed by atoms with E-state index in [1.54, 1.807) is 0 Å². The second-order valence-corrected chi connectivity index (χ2v) is 4.75. The Labute approximate surface area is 97.9 Å². The van der Waals surface area contributed by atoms with Gasteiger partial charge in [0.15, 0.2) is 0 Å². The lowest BCUT2D eigenvalue weighted by Gasteiger charge is -2.35. The fourth-order valence-electron chi connectivity index (χ4n) is 2.59. The molecule has 1 aromatic heterocycles. The van der Waals surface area contributed by atoms with Gasteiger partial charge in [0.1, 0.15) is 0 Å². The Morgan fingerprint density at radius 1 is 1.44 bits per heavy atom. The number of hydrogen-bond acceptors (Lipinski definition) is 3. The third-order valence-corrected chi connectivity index (χ3v) is 3.31. The molecule has 0 radical (unpaired) electrons. The maximum Gasteiger partial charge on any atom is 0.0511 e. The van der Waals surface area contributed by atoms with Crippen molar-refractivity contribution in [1.82, 2.24) is 15.2 Å². The Kier molecular flexibility index (Phi) is 3.91. The van der Waals surface area contributed by atoms with Crippen molar-refractivity contribution in [3.63, 3.8) is 0 Å². The molecule has 0 aliphatic carbocycles. The average molecular weight is 219 g/mol. The molecule has 0 spiro atoms.